The summed E-state index contributed by atoms with van der Waals surface area (Å²) in [5, 5.41) is 13.2. The van der Waals surface area contributed by atoms with E-state index in [0.717, 1.165) is 25.3 Å². The van der Waals surface area contributed by atoms with E-state index in [9.17, 15) is 5.11 Å². The minimum Gasteiger partial charge on any atom is -0.396 e. The van der Waals surface area contributed by atoms with Crippen LogP contribution >= 0.6 is 0 Å². The third-order valence-electron chi connectivity index (χ3n) is 4.20. The van der Waals surface area contributed by atoms with Crippen molar-refractivity contribution in [1.29, 1.82) is 0 Å². The van der Waals surface area contributed by atoms with E-state index in [1.165, 1.54) is 6.42 Å². The fourth-order valence-electron chi connectivity index (χ4n) is 2.70. The van der Waals surface area contributed by atoms with Crippen LogP contribution in [0.2, 0.25) is 0 Å². The Bertz CT molecular complexity index is 442. The molecule has 0 radical (unpaired) electrons. The lowest BCUT2D eigenvalue weighted by Crippen LogP contribution is -2.40. The summed E-state index contributed by atoms with van der Waals surface area (Å²) >= 11 is 0. The molecule has 2 N–H and O–H groups in total. The van der Waals surface area contributed by atoms with Crippen LogP contribution in [0.4, 0.5) is 0 Å². The Kier molecular flexibility index (Phi) is 6.37. The summed E-state index contributed by atoms with van der Waals surface area (Å²) in [7, 11) is 1.97. The standard InChI is InChI=1S/C16H29N3O3/c1-16(2,12-20)14(15-18-7-9-19(15)3)17-8-11-22-13-6-4-5-10-21-13/h7,9,13-14,17,20H,4-6,8,10-12H2,1-3H3. The van der Waals surface area contributed by atoms with Crippen LogP contribution in [-0.4, -0.2) is 47.3 Å². The highest BCUT2D eigenvalue weighted by Gasteiger charge is 2.32. The second-order valence-corrected chi connectivity index (χ2v) is 6.60. The number of aryl methyl sites for hydroxylation is 1. The molecule has 0 amide bonds. The number of aliphatic hydroxyl groups is 1. The maximum Gasteiger partial charge on any atom is 0.157 e. The number of nitrogens with one attached hydrogen (secondary N) is 1. The Balaban J connectivity index is 1.86. The number of imidazole rings is 1. The van der Waals surface area contributed by atoms with Gasteiger partial charge in [0.2, 0.25) is 0 Å². The zero-order valence-corrected chi connectivity index (χ0v) is 13.9. The third kappa shape index (κ3) is 4.52. The lowest BCUT2D eigenvalue weighted by molar-refractivity contribution is -0.161. The van der Waals surface area contributed by atoms with Crippen molar-refractivity contribution in [2.24, 2.45) is 12.5 Å². The zero-order chi connectivity index (χ0) is 16.0. The lowest BCUT2D eigenvalue weighted by atomic mass is 9.84. The van der Waals surface area contributed by atoms with E-state index >= 15 is 0 Å². The summed E-state index contributed by atoms with van der Waals surface area (Å²) in [4.78, 5) is 4.42. The number of hydrogen-bond donors (Lipinski definition) is 2. The Morgan fingerprint density at radius 3 is 2.95 bits per heavy atom. The number of hydrogen-bond acceptors (Lipinski definition) is 5. The second-order valence-electron chi connectivity index (χ2n) is 6.60. The van der Waals surface area contributed by atoms with Gasteiger partial charge in [0.25, 0.3) is 0 Å². The van der Waals surface area contributed by atoms with Crippen molar-refractivity contribution >= 4 is 0 Å². The van der Waals surface area contributed by atoms with Gasteiger partial charge in [0.15, 0.2) is 6.29 Å². The van der Waals surface area contributed by atoms with Crippen LogP contribution in [0.3, 0.4) is 0 Å². The van der Waals surface area contributed by atoms with Gasteiger partial charge in [-0.15, -0.1) is 0 Å². The van der Waals surface area contributed by atoms with Crippen molar-refractivity contribution in [2.75, 3.05) is 26.4 Å². The van der Waals surface area contributed by atoms with Gasteiger partial charge in [-0.25, -0.2) is 4.98 Å². The van der Waals surface area contributed by atoms with E-state index in [4.69, 9.17) is 9.47 Å². The van der Waals surface area contributed by atoms with Gasteiger partial charge in [-0.05, 0) is 19.3 Å². The van der Waals surface area contributed by atoms with Gasteiger partial charge in [-0.3, -0.25) is 0 Å². The lowest BCUT2D eigenvalue weighted by Gasteiger charge is -2.33. The molecule has 1 aromatic rings. The second kappa shape index (κ2) is 8.06. The molecule has 126 valence electrons. The normalized spacial score (nSPS) is 21.0. The summed E-state index contributed by atoms with van der Waals surface area (Å²) in [5.41, 5.74) is -0.305. The Hall–Kier alpha value is -0.950. The molecular weight excluding hydrogens is 282 g/mol. The molecule has 0 aliphatic carbocycles. The summed E-state index contributed by atoms with van der Waals surface area (Å²) in [5.74, 6) is 0.924. The molecule has 1 saturated heterocycles. The summed E-state index contributed by atoms with van der Waals surface area (Å²) in [6.07, 6.45) is 6.92. The fraction of sp³-hybridized carbons (Fsp3) is 0.812. The number of rotatable bonds is 8. The first-order valence-electron chi connectivity index (χ1n) is 8.09. The van der Waals surface area contributed by atoms with E-state index < -0.39 is 0 Å². The predicted molar refractivity (Wildman–Crippen MR) is 84.4 cm³/mol. The molecule has 0 aromatic carbocycles. The molecule has 22 heavy (non-hydrogen) atoms. The molecule has 1 fully saturated rings. The van der Waals surface area contributed by atoms with Crippen molar-refractivity contribution in [2.45, 2.75) is 45.4 Å². The van der Waals surface area contributed by atoms with Crippen molar-refractivity contribution in [3.63, 3.8) is 0 Å². The minimum absolute atomic E-state index is 0.0339. The molecule has 6 nitrogen and oxygen atoms in total. The number of nitrogens with zero attached hydrogens (tertiary/aromatic N) is 2. The maximum atomic E-state index is 9.69. The summed E-state index contributed by atoms with van der Waals surface area (Å²) in [6.45, 7) is 6.23. The van der Waals surface area contributed by atoms with Gasteiger partial charge in [0.1, 0.15) is 5.82 Å². The fourth-order valence-corrected chi connectivity index (χ4v) is 2.70. The zero-order valence-electron chi connectivity index (χ0n) is 13.9. The molecule has 1 aliphatic rings. The van der Waals surface area contributed by atoms with Crippen LogP contribution in [0.25, 0.3) is 0 Å². The Labute approximate surface area is 132 Å². The maximum absolute atomic E-state index is 9.69. The van der Waals surface area contributed by atoms with E-state index in [1.54, 1.807) is 6.20 Å². The summed E-state index contributed by atoms with van der Waals surface area (Å²) in [6, 6.07) is -0.0339. The van der Waals surface area contributed by atoms with E-state index in [1.807, 2.05) is 31.7 Å². The van der Waals surface area contributed by atoms with Crippen LogP contribution in [0.5, 0.6) is 0 Å². The van der Waals surface area contributed by atoms with Crippen LogP contribution in [0, 0.1) is 5.41 Å². The molecule has 2 atom stereocenters. The highest BCUT2D eigenvalue weighted by atomic mass is 16.7. The van der Waals surface area contributed by atoms with Gasteiger partial charge in [-0.1, -0.05) is 13.8 Å². The first-order valence-corrected chi connectivity index (χ1v) is 8.09. The average molecular weight is 311 g/mol. The summed E-state index contributed by atoms with van der Waals surface area (Å²) < 4.78 is 13.3. The van der Waals surface area contributed by atoms with E-state index in [-0.39, 0.29) is 24.4 Å². The van der Waals surface area contributed by atoms with Gasteiger partial charge >= 0.3 is 0 Å². The molecule has 0 saturated carbocycles. The molecule has 1 aromatic heterocycles. The van der Waals surface area contributed by atoms with Gasteiger partial charge in [-0.2, -0.15) is 0 Å². The average Bonchev–Trinajstić information content (AvgIpc) is 2.94. The van der Waals surface area contributed by atoms with Gasteiger partial charge in [0, 0.05) is 38.0 Å². The topological polar surface area (TPSA) is 68.5 Å². The minimum atomic E-state index is -0.305. The van der Waals surface area contributed by atoms with E-state index in [0.29, 0.717) is 13.2 Å². The third-order valence-corrected chi connectivity index (χ3v) is 4.20. The van der Waals surface area contributed by atoms with E-state index in [2.05, 4.69) is 10.3 Å². The molecule has 0 bridgehead atoms. The molecule has 2 heterocycles. The molecular formula is C16H29N3O3. The largest absolute Gasteiger partial charge is 0.396 e. The number of aliphatic hydroxyl groups excluding tert-OH is 1. The van der Waals surface area contributed by atoms with Crippen molar-refractivity contribution in [1.82, 2.24) is 14.9 Å². The first kappa shape index (κ1) is 17.4. The van der Waals surface area contributed by atoms with Crippen molar-refractivity contribution in [3.8, 4) is 0 Å². The van der Waals surface area contributed by atoms with Crippen LogP contribution < -0.4 is 5.32 Å². The van der Waals surface area contributed by atoms with Crippen LogP contribution in [0.15, 0.2) is 12.4 Å². The monoisotopic (exact) mass is 311 g/mol. The van der Waals surface area contributed by atoms with Crippen molar-refractivity contribution in [3.05, 3.63) is 18.2 Å². The van der Waals surface area contributed by atoms with Gasteiger partial charge in [0.05, 0.1) is 19.3 Å². The Morgan fingerprint density at radius 1 is 1.55 bits per heavy atom. The van der Waals surface area contributed by atoms with Gasteiger partial charge < -0.3 is 24.5 Å². The number of ether oxygens (including phenoxy) is 2. The highest BCUT2D eigenvalue weighted by Crippen LogP contribution is 2.31. The SMILES string of the molecule is Cn1ccnc1C(NCCOC1CCCCO1)C(C)(C)CO. The molecule has 2 unspecified atom stereocenters. The molecule has 6 heteroatoms. The van der Waals surface area contributed by atoms with Crippen LogP contribution in [-0.2, 0) is 16.5 Å². The first-order chi connectivity index (χ1) is 10.5. The Morgan fingerprint density at radius 2 is 2.36 bits per heavy atom. The quantitative estimate of drug-likeness (QED) is 0.714. The smallest absolute Gasteiger partial charge is 0.157 e. The molecule has 1 aliphatic heterocycles. The number of aromatic nitrogens is 2. The van der Waals surface area contributed by atoms with Crippen molar-refractivity contribution < 1.29 is 14.6 Å². The van der Waals surface area contributed by atoms with Crippen LogP contribution in [0.1, 0.15) is 45.0 Å². The molecule has 2 rings (SSSR count). The molecule has 0 spiro atoms. The highest BCUT2D eigenvalue weighted by molar-refractivity contribution is 5.04. The predicted octanol–water partition coefficient (Wildman–Crippen LogP) is 1.61.